The third kappa shape index (κ3) is 5.04. The summed E-state index contributed by atoms with van der Waals surface area (Å²) in [7, 11) is 0. The van der Waals surface area contributed by atoms with Crippen molar-refractivity contribution >= 4 is 23.1 Å². The molecule has 4 nitrogen and oxygen atoms in total. The molecule has 0 aliphatic heterocycles. The van der Waals surface area contributed by atoms with Gasteiger partial charge in [-0.15, -0.1) is 0 Å². The molecule has 2 N–H and O–H groups in total. The highest BCUT2D eigenvalue weighted by atomic mass is 32.1. The van der Waals surface area contributed by atoms with Crippen LogP contribution in [0.15, 0.2) is 42.6 Å². The summed E-state index contributed by atoms with van der Waals surface area (Å²) in [5.41, 5.74) is 2.23. The number of hydrogen-bond acceptors (Lipinski definition) is 3. The van der Waals surface area contributed by atoms with Gasteiger partial charge in [0.05, 0.1) is 6.61 Å². The van der Waals surface area contributed by atoms with Crippen molar-refractivity contribution in [3.63, 3.8) is 0 Å². The maximum absolute atomic E-state index is 5.47. The molecular formula is C16H19N3OS. The molecule has 5 heteroatoms. The Morgan fingerprint density at radius 2 is 2.14 bits per heavy atom. The van der Waals surface area contributed by atoms with Gasteiger partial charge in [-0.3, -0.25) is 0 Å². The molecule has 0 amide bonds. The third-order valence-corrected chi connectivity index (χ3v) is 3.06. The van der Waals surface area contributed by atoms with Crippen molar-refractivity contribution in [2.24, 2.45) is 0 Å². The van der Waals surface area contributed by atoms with E-state index in [1.54, 1.807) is 6.20 Å². The third-order valence-electron chi connectivity index (χ3n) is 2.82. The number of pyridine rings is 1. The minimum Gasteiger partial charge on any atom is -0.494 e. The second-order valence-corrected chi connectivity index (χ2v) is 5.02. The van der Waals surface area contributed by atoms with Gasteiger partial charge in [-0.05, 0) is 55.4 Å². The quantitative estimate of drug-likeness (QED) is 0.830. The van der Waals surface area contributed by atoms with Gasteiger partial charge in [0.1, 0.15) is 11.6 Å². The number of ether oxygens (including phenoxy) is 1. The van der Waals surface area contributed by atoms with Crippen LogP contribution in [0.5, 0.6) is 5.75 Å². The predicted octanol–water partition coefficient (Wildman–Crippen LogP) is 3.28. The average molecular weight is 301 g/mol. The maximum Gasteiger partial charge on any atom is 0.172 e. The van der Waals surface area contributed by atoms with E-state index in [0.29, 0.717) is 18.3 Å². The Balaban J connectivity index is 1.86. The van der Waals surface area contributed by atoms with Crippen molar-refractivity contribution in [1.29, 1.82) is 0 Å². The van der Waals surface area contributed by atoms with E-state index in [1.807, 2.05) is 50.2 Å². The molecule has 2 rings (SSSR count). The zero-order valence-corrected chi connectivity index (χ0v) is 13.0. The van der Waals surface area contributed by atoms with Crippen LogP contribution in [0.4, 0.5) is 5.82 Å². The fourth-order valence-electron chi connectivity index (χ4n) is 1.80. The Hall–Kier alpha value is -2.14. The van der Waals surface area contributed by atoms with Crippen molar-refractivity contribution in [2.45, 2.75) is 20.4 Å². The fraction of sp³-hybridized carbons (Fsp3) is 0.250. The van der Waals surface area contributed by atoms with E-state index in [-0.39, 0.29) is 0 Å². The van der Waals surface area contributed by atoms with Crippen LogP contribution in [0.3, 0.4) is 0 Å². The average Bonchev–Trinajstić information content (AvgIpc) is 2.48. The van der Waals surface area contributed by atoms with Crippen molar-refractivity contribution in [3.05, 3.63) is 53.7 Å². The van der Waals surface area contributed by atoms with E-state index in [2.05, 4.69) is 15.6 Å². The van der Waals surface area contributed by atoms with Gasteiger partial charge >= 0.3 is 0 Å². The van der Waals surface area contributed by atoms with Gasteiger partial charge in [0, 0.05) is 12.7 Å². The van der Waals surface area contributed by atoms with Gasteiger partial charge in [0.2, 0.25) is 0 Å². The highest BCUT2D eigenvalue weighted by Gasteiger charge is 2.00. The minimum atomic E-state index is 0.549. The van der Waals surface area contributed by atoms with Crippen molar-refractivity contribution < 1.29 is 4.74 Å². The number of nitrogens with zero attached hydrogens (tertiary/aromatic N) is 1. The van der Waals surface area contributed by atoms with Gasteiger partial charge in [0.25, 0.3) is 0 Å². The first kappa shape index (κ1) is 15.3. The summed E-state index contributed by atoms with van der Waals surface area (Å²) in [6.45, 7) is 5.27. The lowest BCUT2D eigenvalue weighted by molar-refractivity contribution is 0.340. The number of rotatable bonds is 5. The second-order valence-electron chi connectivity index (χ2n) is 4.61. The van der Waals surface area contributed by atoms with E-state index in [4.69, 9.17) is 17.0 Å². The largest absolute Gasteiger partial charge is 0.494 e. The topological polar surface area (TPSA) is 46.2 Å². The number of anilines is 1. The molecule has 0 fully saturated rings. The van der Waals surface area contributed by atoms with E-state index in [9.17, 15) is 0 Å². The summed E-state index contributed by atoms with van der Waals surface area (Å²) in [5, 5.41) is 6.76. The Labute approximate surface area is 130 Å². The number of benzene rings is 1. The first-order chi connectivity index (χ1) is 10.2. The lowest BCUT2D eigenvalue weighted by Crippen LogP contribution is -2.28. The molecule has 1 aromatic carbocycles. The van der Waals surface area contributed by atoms with Gasteiger partial charge in [-0.2, -0.15) is 0 Å². The molecule has 0 radical (unpaired) electrons. The predicted molar refractivity (Wildman–Crippen MR) is 89.6 cm³/mol. The molecule has 2 aromatic rings. The molecule has 110 valence electrons. The molecule has 1 aromatic heterocycles. The molecule has 1 heterocycles. The minimum absolute atomic E-state index is 0.549. The molecule has 0 atom stereocenters. The van der Waals surface area contributed by atoms with Crippen molar-refractivity contribution in [2.75, 3.05) is 11.9 Å². The highest BCUT2D eigenvalue weighted by molar-refractivity contribution is 7.80. The molecule has 0 saturated carbocycles. The van der Waals surface area contributed by atoms with Crippen LogP contribution in [-0.2, 0) is 6.54 Å². The van der Waals surface area contributed by atoms with Gasteiger partial charge in [-0.1, -0.05) is 18.2 Å². The zero-order chi connectivity index (χ0) is 15.1. The molecule has 0 aliphatic carbocycles. The molecule has 0 spiro atoms. The lowest BCUT2D eigenvalue weighted by Gasteiger charge is -2.11. The smallest absolute Gasteiger partial charge is 0.172 e. The van der Waals surface area contributed by atoms with Gasteiger partial charge in [0.15, 0.2) is 5.11 Å². The fourth-order valence-corrected chi connectivity index (χ4v) is 1.97. The van der Waals surface area contributed by atoms with Crippen molar-refractivity contribution in [3.8, 4) is 5.75 Å². The second kappa shape index (κ2) is 7.59. The summed E-state index contributed by atoms with van der Waals surface area (Å²) in [6.07, 6.45) is 1.80. The Kier molecular flexibility index (Phi) is 5.51. The van der Waals surface area contributed by atoms with Crippen LogP contribution in [0.2, 0.25) is 0 Å². The van der Waals surface area contributed by atoms with Gasteiger partial charge in [-0.25, -0.2) is 4.98 Å². The summed E-state index contributed by atoms with van der Waals surface area (Å²) in [4.78, 5) is 4.25. The molecule has 21 heavy (non-hydrogen) atoms. The van der Waals surface area contributed by atoms with Crippen molar-refractivity contribution in [1.82, 2.24) is 10.3 Å². The number of hydrogen-bond donors (Lipinski definition) is 2. The molecule has 0 aliphatic rings. The van der Waals surface area contributed by atoms with E-state index in [1.165, 1.54) is 0 Å². The van der Waals surface area contributed by atoms with E-state index >= 15 is 0 Å². The first-order valence-corrected chi connectivity index (χ1v) is 7.27. The summed E-state index contributed by atoms with van der Waals surface area (Å²) in [6, 6.07) is 11.8. The summed E-state index contributed by atoms with van der Waals surface area (Å²) in [5.74, 6) is 1.61. The van der Waals surface area contributed by atoms with Crippen LogP contribution in [0.1, 0.15) is 18.1 Å². The Morgan fingerprint density at radius 1 is 1.29 bits per heavy atom. The SMILES string of the molecule is CCOc1cccc(CNC(=S)Nc2ccc(C)cn2)c1. The van der Waals surface area contributed by atoms with E-state index < -0.39 is 0 Å². The molecule has 0 bridgehead atoms. The normalized spacial score (nSPS) is 10.0. The molecule has 0 unspecified atom stereocenters. The highest BCUT2D eigenvalue weighted by Crippen LogP contribution is 2.13. The monoisotopic (exact) mass is 301 g/mol. The Bertz CT molecular complexity index is 599. The zero-order valence-electron chi connectivity index (χ0n) is 12.2. The number of nitrogens with one attached hydrogen (secondary N) is 2. The summed E-state index contributed by atoms with van der Waals surface area (Å²) >= 11 is 5.26. The molecular weight excluding hydrogens is 282 g/mol. The maximum atomic E-state index is 5.47. The Morgan fingerprint density at radius 3 is 2.86 bits per heavy atom. The number of aromatic nitrogens is 1. The van der Waals surface area contributed by atoms with Gasteiger partial charge < -0.3 is 15.4 Å². The van der Waals surface area contributed by atoms with Crippen LogP contribution >= 0.6 is 12.2 Å². The number of thiocarbonyl (C=S) groups is 1. The standard InChI is InChI=1S/C16H19N3OS/c1-3-20-14-6-4-5-13(9-14)11-18-16(21)19-15-8-7-12(2)10-17-15/h4-10H,3,11H2,1-2H3,(H2,17,18,19,21). The summed E-state index contributed by atoms with van der Waals surface area (Å²) < 4.78 is 5.47. The van der Waals surface area contributed by atoms with Crippen LogP contribution in [0.25, 0.3) is 0 Å². The molecule has 0 saturated heterocycles. The van der Waals surface area contributed by atoms with Crippen LogP contribution in [-0.4, -0.2) is 16.7 Å². The number of aryl methyl sites for hydroxylation is 1. The van der Waals surface area contributed by atoms with Crippen LogP contribution in [0, 0.1) is 6.92 Å². The first-order valence-electron chi connectivity index (χ1n) is 6.86. The van der Waals surface area contributed by atoms with E-state index in [0.717, 1.165) is 22.7 Å². The lowest BCUT2D eigenvalue weighted by atomic mass is 10.2. The van der Waals surface area contributed by atoms with Crippen LogP contribution < -0.4 is 15.4 Å².